The van der Waals surface area contributed by atoms with Crippen LogP contribution in [0.25, 0.3) is 0 Å². The molecule has 2 aliphatic rings. The number of hydrogen-bond donors (Lipinski definition) is 1. The van der Waals surface area contributed by atoms with E-state index in [0.29, 0.717) is 0 Å². The van der Waals surface area contributed by atoms with E-state index in [-0.39, 0.29) is 24.0 Å². The molecule has 166 valence electrons. The van der Waals surface area contributed by atoms with E-state index in [1.165, 1.54) is 12.8 Å². The molecule has 8 nitrogen and oxygen atoms in total. The highest BCUT2D eigenvalue weighted by Crippen LogP contribution is 2.15. The second-order valence-corrected chi connectivity index (χ2v) is 7.93. The van der Waals surface area contributed by atoms with E-state index in [0.717, 1.165) is 96.1 Å². The number of nitrogens with one attached hydrogen (secondary N) is 1. The summed E-state index contributed by atoms with van der Waals surface area (Å²) < 4.78 is 7.56. The minimum atomic E-state index is 0. The molecule has 0 aromatic carbocycles. The first-order valence-electron chi connectivity index (χ1n) is 11.0. The highest BCUT2D eigenvalue weighted by molar-refractivity contribution is 14.0. The van der Waals surface area contributed by atoms with Gasteiger partial charge < -0.3 is 19.5 Å². The fourth-order valence-electron chi connectivity index (χ4n) is 3.98. The summed E-state index contributed by atoms with van der Waals surface area (Å²) in [5, 5.41) is 11.8. The molecule has 0 spiro atoms. The van der Waals surface area contributed by atoms with E-state index in [4.69, 9.17) is 9.73 Å². The number of nitrogens with zero attached hydrogens (tertiary/aromatic N) is 6. The molecule has 0 radical (unpaired) electrons. The molecular weight excluding hydrogens is 481 g/mol. The maximum absolute atomic E-state index is 5.43. The van der Waals surface area contributed by atoms with Gasteiger partial charge in [0.05, 0.1) is 13.2 Å². The number of guanidine groups is 1. The second kappa shape index (κ2) is 13.4. The van der Waals surface area contributed by atoms with Gasteiger partial charge in [0.1, 0.15) is 12.2 Å². The van der Waals surface area contributed by atoms with Gasteiger partial charge >= 0.3 is 0 Å². The third-order valence-electron chi connectivity index (χ3n) is 5.60. The lowest BCUT2D eigenvalue weighted by Crippen LogP contribution is -2.47. The highest BCUT2D eigenvalue weighted by atomic mass is 127. The number of likely N-dealkylation sites (tertiary alicyclic amines) is 1. The van der Waals surface area contributed by atoms with Crippen molar-refractivity contribution in [1.82, 2.24) is 29.9 Å². The predicted molar refractivity (Wildman–Crippen MR) is 127 cm³/mol. The number of hydrogen-bond acceptors (Lipinski definition) is 5. The number of piperidine rings is 1. The SMILES string of the molecule is CCc1nncn1CCNC(=NCCCN1CCOCC1)N1CCCC(C)C1.I. The van der Waals surface area contributed by atoms with Gasteiger partial charge in [-0.05, 0) is 25.2 Å². The lowest BCUT2D eigenvalue weighted by atomic mass is 10.0. The molecule has 3 rings (SSSR count). The molecule has 2 saturated heterocycles. The molecule has 1 N–H and O–H groups in total. The zero-order valence-corrected chi connectivity index (χ0v) is 20.4. The van der Waals surface area contributed by atoms with Gasteiger partial charge in [-0.2, -0.15) is 0 Å². The predicted octanol–water partition coefficient (Wildman–Crippen LogP) is 1.86. The van der Waals surface area contributed by atoms with Crippen LogP contribution in [-0.2, 0) is 17.7 Å². The summed E-state index contributed by atoms with van der Waals surface area (Å²) in [6.07, 6.45) is 6.40. The Morgan fingerprint density at radius 1 is 1.28 bits per heavy atom. The average Bonchev–Trinajstić information content (AvgIpc) is 3.18. The summed E-state index contributed by atoms with van der Waals surface area (Å²) in [5.41, 5.74) is 0. The molecule has 0 bridgehead atoms. The van der Waals surface area contributed by atoms with Crippen molar-refractivity contribution in [3.05, 3.63) is 12.2 Å². The van der Waals surface area contributed by atoms with Gasteiger partial charge in [0.15, 0.2) is 5.96 Å². The molecule has 2 aliphatic heterocycles. The Morgan fingerprint density at radius 3 is 2.86 bits per heavy atom. The fraction of sp³-hybridized carbons (Fsp3) is 0.850. The van der Waals surface area contributed by atoms with Crippen LogP contribution in [-0.4, -0.2) is 89.6 Å². The first-order valence-corrected chi connectivity index (χ1v) is 11.0. The zero-order valence-electron chi connectivity index (χ0n) is 18.1. The third-order valence-corrected chi connectivity index (χ3v) is 5.60. The quantitative estimate of drug-likeness (QED) is 0.245. The van der Waals surface area contributed by atoms with Gasteiger partial charge in [-0.15, -0.1) is 34.2 Å². The van der Waals surface area contributed by atoms with E-state index in [1.54, 1.807) is 0 Å². The van der Waals surface area contributed by atoms with Crippen molar-refractivity contribution in [2.45, 2.75) is 46.1 Å². The van der Waals surface area contributed by atoms with Crippen LogP contribution < -0.4 is 5.32 Å². The second-order valence-electron chi connectivity index (χ2n) is 7.93. The first kappa shape index (κ1) is 24.3. The maximum Gasteiger partial charge on any atom is 0.193 e. The van der Waals surface area contributed by atoms with E-state index < -0.39 is 0 Å². The van der Waals surface area contributed by atoms with Crippen LogP contribution in [0.1, 0.15) is 38.9 Å². The monoisotopic (exact) mass is 519 g/mol. The van der Waals surface area contributed by atoms with E-state index in [2.05, 4.69) is 43.7 Å². The lowest BCUT2D eigenvalue weighted by Gasteiger charge is -2.34. The number of aliphatic imine (C=N–C) groups is 1. The minimum Gasteiger partial charge on any atom is -0.379 e. The van der Waals surface area contributed by atoms with Crippen LogP contribution in [0.4, 0.5) is 0 Å². The van der Waals surface area contributed by atoms with Crippen LogP contribution in [0.15, 0.2) is 11.3 Å². The Labute approximate surface area is 192 Å². The molecule has 1 aromatic heterocycles. The summed E-state index contributed by atoms with van der Waals surface area (Å²) in [7, 11) is 0. The molecule has 2 fully saturated rings. The molecule has 1 aromatic rings. The number of aromatic nitrogens is 3. The summed E-state index contributed by atoms with van der Waals surface area (Å²) in [6, 6.07) is 0. The summed E-state index contributed by atoms with van der Waals surface area (Å²) >= 11 is 0. The van der Waals surface area contributed by atoms with Crippen molar-refractivity contribution in [2.75, 3.05) is 59.0 Å². The summed E-state index contributed by atoms with van der Waals surface area (Å²) in [6.45, 7) is 14.2. The Balaban J connectivity index is 0.00000300. The lowest BCUT2D eigenvalue weighted by molar-refractivity contribution is 0.0377. The average molecular weight is 519 g/mol. The Kier molecular flexibility index (Phi) is 11.2. The first-order chi connectivity index (χ1) is 13.8. The largest absolute Gasteiger partial charge is 0.379 e. The van der Waals surface area contributed by atoms with Crippen molar-refractivity contribution >= 4 is 29.9 Å². The van der Waals surface area contributed by atoms with Gasteiger partial charge in [0.2, 0.25) is 0 Å². The number of ether oxygens (including phenoxy) is 1. The van der Waals surface area contributed by atoms with Crippen molar-refractivity contribution in [1.29, 1.82) is 0 Å². The molecule has 3 heterocycles. The van der Waals surface area contributed by atoms with E-state index in [1.807, 2.05) is 6.33 Å². The molecule has 9 heteroatoms. The standard InChI is InChI=1S/C20H37N7O.HI/c1-3-19-24-23-17-27(19)11-8-22-20(26-10-4-6-18(2)16-26)21-7-5-9-25-12-14-28-15-13-25;/h17-18H,3-16H2,1-2H3,(H,21,22);1H. The normalized spacial score (nSPS) is 21.1. The Morgan fingerprint density at radius 2 is 2.10 bits per heavy atom. The minimum absolute atomic E-state index is 0. The van der Waals surface area contributed by atoms with E-state index in [9.17, 15) is 0 Å². The Bertz CT molecular complexity index is 603. The smallest absolute Gasteiger partial charge is 0.193 e. The molecule has 1 atom stereocenters. The van der Waals surface area contributed by atoms with Gasteiger partial charge in [-0.3, -0.25) is 9.89 Å². The topological polar surface area (TPSA) is 70.8 Å². The van der Waals surface area contributed by atoms with Crippen molar-refractivity contribution in [3.8, 4) is 0 Å². The number of aryl methyl sites for hydroxylation is 1. The summed E-state index contributed by atoms with van der Waals surface area (Å²) in [5.74, 6) is 2.84. The molecule has 1 unspecified atom stereocenters. The molecular formula is C20H38IN7O. The Hall–Kier alpha value is -0.940. The van der Waals surface area contributed by atoms with Crippen LogP contribution >= 0.6 is 24.0 Å². The fourth-order valence-corrected chi connectivity index (χ4v) is 3.98. The van der Waals surface area contributed by atoms with Crippen LogP contribution in [0, 0.1) is 5.92 Å². The van der Waals surface area contributed by atoms with Gasteiger partial charge in [-0.25, -0.2) is 0 Å². The highest BCUT2D eigenvalue weighted by Gasteiger charge is 2.19. The van der Waals surface area contributed by atoms with Gasteiger partial charge in [0.25, 0.3) is 0 Å². The molecule has 0 saturated carbocycles. The molecule has 29 heavy (non-hydrogen) atoms. The van der Waals surface area contributed by atoms with Crippen molar-refractivity contribution in [3.63, 3.8) is 0 Å². The number of rotatable bonds is 8. The summed E-state index contributed by atoms with van der Waals surface area (Å²) in [4.78, 5) is 9.88. The zero-order chi connectivity index (χ0) is 19.6. The third kappa shape index (κ3) is 8.01. The van der Waals surface area contributed by atoms with Crippen molar-refractivity contribution in [2.24, 2.45) is 10.9 Å². The number of halogens is 1. The molecule has 0 amide bonds. The van der Waals surface area contributed by atoms with Crippen LogP contribution in [0.3, 0.4) is 0 Å². The van der Waals surface area contributed by atoms with Crippen LogP contribution in [0.5, 0.6) is 0 Å². The van der Waals surface area contributed by atoms with Gasteiger partial charge in [0, 0.05) is 58.8 Å². The van der Waals surface area contributed by atoms with Crippen molar-refractivity contribution < 1.29 is 4.74 Å². The maximum atomic E-state index is 5.43. The van der Waals surface area contributed by atoms with Gasteiger partial charge in [-0.1, -0.05) is 13.8 Å². The number of morpholine rings is 1. The van der Waals surface area contributed by atoms with E-state index >= 15 is 0 Å². The molecule has 0 aliphatic carbocycles. The van der Waals surface area contributed by atoms with Crippen LogP contribution in [0.2, 0.25) is 0 Å².